The van der Waals surface area contributed by atoms with Gasteiger partial charge in [-0.1, -0.05) is 0 Å². The van der Waals surface area contributed by atoms with Crippen molar-refractivity contribution in [2.45, 2.75) is 51.8 Å². The third kappa shape index (κ3) is 4.24. The minimum atomic E-state index is -0.494. The van der Waals surface area contributed by atoms with Gasteiger partial charge in [-0.25, -0.2) is 9.78 Å². The fourth-order valence-electron chi connectivity index (χ4n) is 2.34. The van der Waals surface area contributed by atoms with Crippen LogP contribution < -0.4 is 11.1 Å². The number of carbonyl (C=O) groups excluding carboxylic acids is 1. The van der Waals surface area contributed by atoms with Crippen molar-refractivity contribution in [3.63, 3.8) is 0 Å². The number of rotatable bonds is 2. The van der Waals surface area contributed by atoms with Crippen LogP contribution in [0.4, 0.5) is 16.3 Å². The topological polar surface area (TPSA) is 80.5 Å². The second kappa shape index (κ2) is 6.20. The van der Waals surface area contributed by atoms with Crippen molar-refractivity contribution in [1.29, 1.82) is 0 Å². The lowest BCUT2D eigenvalue weighted by atomic mass is 10.1. The summed E-state index contributed by atoms with van der Waals surface area (Å²) in [5.41, 5.74) is 6.11. The van der Waals surface area contributed by atoms with Crippen molar-refractivity contribution < 1.29 is 9.53 Å². The van der Waals surface area contributed by atoms with Crippen LogP contribution in [0.5, 0.6) is 0 Å². The fraction of sp³-hybridized carbons (Fsp3) is 0.600. The van der Waals surface area contributed by atoms with Crippen LogP contribution in [0, 0.1) is 0 Å². The van der Waals surface area contributed by atoms with E-state index in [1.807, 2.05) is 32.9 Å². The van der Waals surface area contributed by atoms with E-state index in [1.165, 1.54) is 0 Å². The van der Waals surface area contributed by atoms with Crippen molar-refractivity contribution in [3.8, 4) is 0 Å². The smallest absolute Gasteiger partial charge is 0.411 e. The number of hydrogen-bond donors (Lipinski definition) is 2. The van der Waals surface area contributed by atoms with Crippen LogP contribution in [0.25, 0.3) is 0 Å². The molecule has 1 aromatic rings. The van der Waals surface area contributed by atoms with E-state index in [1.54, 1.807) is 11.1 Å². The second-order valence-electron chi connectivity index (χ2n) is 6.27. The number of aromatic nitrogens is 1. The van der Waals surface area contributed by atoms with Gasteiger partial charge in [0.05, 0.1) is 5.69 Å². The number of nitrogens with one attached hydrogen (secondary N) is 1. The molecule has 1 unspecified atom stereocenters. The maximum atomic E-state index is 12.3. The molecule has 1 saturated heterocycles. The van der Waals surface area contributed by atoms with Crippen LogP contribution in [-0.4, -0.2) is 34.3 Å². The van der Waals surface area contributed by atoms with Crippen LogP contribution in [-0.2, 0) is 4.74 Å². The quantitative estimate of drug-likeness (QED) is 0.876. The lowest BCUT2D eigenvalue weighted by Gasteiger charge is -2.37. The number of carbonyl (C=O) groups is 1. The van der Waals surface area contributed by atoms with Gasteiger partial charge in [-0.15, -0.1) is 0 Å². The molecule has 0 bridgehead atoms. The van der Waals surface area contributed by atoms with Crippen molar-refractivity contribution in [2.75, 3.05) is 17.6 Å². The summed E-state index contributed by atoms with van der Waals surface area (Å²) in [6.45, 7) is 6.30. The SMILES string of the molecule is CC(C)(C)OC(=O)N1CCCCC1Nc1cccnc1N. The minimum Gasteiger partial charge on any atom is -0.444 e. The molecule has 3 N–H and O–H groups in total. The Labute approximate surface area is 125 Å². The summed E-state index contributed by atoms with van der Waals surface area (Å²) in [5, 5.41) is 3.30. The molecule has 1 atom stereocenters. The zero-order chi connectivity index (χ0) is 15.5. The monoisotopic (exact) mass is 292 g/mol. The Bertz CT molecular complexity index is 499. The summed E-state index contributed by atoms with van der Waals surface area (Å²) >= 11 is 0. The molecular weight excluding hydrogens is 268 g/mol. The van der Waals surface area contributed by atoms with E-state index in [9.17, 15) is 4.79 Å². The molecule has 1 aromatic heterocycles. The highest BCUT2D eigenvalue weighted by atomic mass is 16.6. The van der Waals surface area contributed by atoms with Gasteiger partial charge >= 0.3 is 6.09 Å². The lowest BCUT2D eigenvalue weighted by molar-refractivity contribution is 0.0130. The van der Waals surface area contributed by atoms with Gasteiger partial charge in [0.25, 0.3) is 0 Å². The highest BCUT2D eigenvalue weighted by Gasteiger charge is 2.30. The van der Waals surface area contributed by atoms with E-state index in [0.717, 1.165) is 24.9 Å². The first-order valence-corrected chi connectivity index (χ1v) is 7.33. The van der Waals surface area contributed by atoms with Crippen molar-refractivity contribution in [2.24, 2.45) is 0 Å². The molecule has 0 aliphatic carbocycles. The predicted octanol–water partition coefficient (Wildman–Crippen LogP) is 2.82. The average molecular weight is 292 g/mol. The number of pyridine rings is 1. The summed E-state index contributed by atoms with van der Waals surface area (Å²) in [6, 6.07) is 3.68. The van der Waals surface area contributed by atoms with Crippen molar-refractivity contribution >= 4 is 17.6 Å². The first-order valence-electron chi connectivity index (χ1n) is 7.33. The number of ether oxygens (including phenoxy) is 1. The zero-order valence-corrected chi connectivity index (χ0v) is 12.9. The summed E-state index contributed by atoms with van der Waals surface area (Å²) < 4.78 is 5.48. The van der Waals surface area contributed by atoms with Crippen LogP contribution in [0.15, 0.2) is 18.3 Å². The summed E-state index contributed by atoms with van der Waals surface area (Å²) in [7, 11) is 0. The maximum absolute atomic E-state index is 12.3. The third-order valence-corrected chi connectivity index (χ3v) is 3.29. The third-order valence-electron chi connectivity index (χ3n) is 3.29. The lowest BCUT2D eigenvalue weighted by Crippen LogP contribution is -2.49. The molecule has 0 spiro atoms. The molecule has 2 rings (SSSR count). The molecular formula is C15H24N4O2. The van der Waals surface area contributed by atoms with Gasteiger partial charge in [-0.3, -0.25) is 4.90 Å². The van der Waals surface area contributed by atoms with E-state index < -0.39 is 5.60 Å². The van der Waals surface area contributed by atoms with E-state index in [-0.39, 0.29) is 12.3 Å². The summed E-state index contributed by atoms with van der Waals surface area (Å²) in [4.78, 5) is 18.1. The number of likely N-dealkylation sites (tertiary alicyclic amines) is 1. The Hall–Kier alpha value is -1.98. The van der Waals surface area contributed by atoms with E-state index in [4.69, 9.17) is 10.5 Å². The number of amides is 1. The van der Waals surface area contributed by atoms with E-state index >= 15 is 0 Å². The Kier molecular flexibility index (Phi) is 4.55. The number of nitrogens with two attached hydrogens (primary N) is 1. The highest BCUT2D eigenvalue weighted by molar-refractivity contribution is 5.70. The van der Waals surface area contributed by atoms with Crippen LogP contribution in [0.2, 0.25) is 0 Å². The van der Waals surface area contributed by atoms with Gasteiger partial charge in [-0.2, -0.15) is 0 Å². The van der Waals surface area contributed by atoms with Gasteiger partial charge in [-0.05, 0) is 52.2 Å². The van der Waals surface area contributed by atoms with Gasteiger partial charge in [0.1, 0.15) is 17.6 Å². The molecule has 0 radical (unpaired) electrons. The number of hydrogen-bond acceptors (Lipinski definition) is 5. The highest BCUT2D eigenvalue weighted by Crippen LogP contribution is 2.24. The predicted molar refractivity (Wildman–Crippen MR) is 82.9 cm³/mol. The van der Waals surface area contributed by atoms with Crippen molar-refractivity contribution in [3.05, 3.63) is 18.3 Å². The number of nitrogen functional groups attached to an aromatic ring is 1. The Balaban J connectivity index is 2.09. The van der Waals surface area contributed by atoms with Crippen LogP contribution in [0.1, 0.15) is 40.0 Å². The Morgan fingerprint density at radius 1 is 1.48 bits per heavy atom. The molecule has 21 heavy (non-hydrogen) atoms. The van der Waals surface area contributed by atoms with Gasteiger partial charge in [0, 0.05) is 12.7 Å². The molecule has 2 heterocycles. The molecule has 1 fully saturated rings. The second-order valence-corrected chi connectivity index (χ2v) is 6.27. The fourth-order valence-corrected chi connectivity index (χ4v) is 2.34. The molecule has 0 aromatic carbocycles. The molecule has 6 heteroatoms. The first kappa shape index (κ1) is 15.4. The summed E-state index contributed by atoms with van der Waals surface area (Å²) in [5.74, 6) is 0.437. The Morgan fingerprint density at radius 3 is 2.90 bits per heavy atom. The number of anilines is 2. The van der Waals surface area contributed by atoms with Crippen LogP contribution >= 0.6 is 0 Å². The molecule has 116 valence electrons. The summed E-state index contributed by atoms with van der Waals surface area (Å²) in [6.07, 6.45) is 4.17. The van der Waals surface area contributed by atoms with Crippen molar-refractivity contribution in [1.82, 2.24) is 9.88 Å². The average Bonchev–Trinajstić information content (AvgIpc) is 2.40. The Morgan fingerprint density at radius 2 is 2.24 bits per heavy atom. The standard InChI is InChI=1S/C15H24N4O2/c1-15(2,3)21-14(20)19-10-5-4-8-12(19)18-11-7-6-9-17-13(11)16/h6-7,9,12,18H,4-5,8,10H2,1-3H3,(H2,16,17). The molecule has 6 nitrogen and oxygen atoms in total. The normalized spacial score (nSPS) is 19.2. The zero-order valence-electron chi connectivity index (χ0n) is 12.9. The van der Waals surface area contributed by atoms with E-state index in [0.29, 0.717) is 12.4 Å². The number of piperidine rings is 1. The first-order chi connectivity index (χ1) is 9.87. The largest absolute Gasteiger partial charge is 0.444 e. The minimum absolute atomic E-state index is 0.111. The molecule has 1 aliphatic rings. The van der Waals surface area contributed by atoms with Gasteiger partial charge in [0.2, 0.25) is 0 Å². The van der Waals surface area contributed by atoms with Crippen LogP contribution in [0.3, 0.4) is 0 Å². The number of nitrogens with zero attached hydrogens (tertiary/aromatic N) is 2. The molecule has 1 amide bonds. The van der Waals surface area contributed by atoms with E-state index in [2.05, 4.69) is 10.3 Å². The molecule has 1 aliphatic heterocycles. The molecule has 0 saturated carbocycles. The van der Waals surface area contributed by atoms with Gasteiger partial charge < -0.3 is 15.8 Å². The van der Waals surface area contributed by atoms with Gasteiger partial charge in [0.15, 0.2) is 0 Å². The maximum Gasteiger partial charge on any atom is 0.411 e.